The second-order valence-electron chi connectivity index (χ2n) is 28.4. The molecule has 0 unspecified atom stereocenters. The molecule has 5 aliphatic rings. The minimum absolute atomic E-state index is 0.0206. The highest BCUT2D eigenvalue weighted by atomic mass is 15.2. The standard InChI is InChI=1S/C67H81BN2/c1-41-32-47-51(66(15,16)40-65(47,13)14)38-55(41)70-54-27-24-43(67(17,18)42-22-20-19-21-23-42)33-52(54)68-53-37-49-50(64(11,12)31-30-63(49,9)10)39-56(53)69(57-34-44(60(2,3)4)35-58(70)59(57)68)45-25-26-46-48(36-45)62(7,8)29-28-61(46,5)6/h19-27,32-39H,28-31,40H2,1-18H3. The molecule has 0 bridgehead atoms. The van der Waals surface area contributed by atoms with E-state index in [0.717, 1.165) is 6.42 Å². The van der Waals surface area contributed by atoms with Gasteiger partial charge in [-0.15, -0.1) is 0 Å². The molecule has 0 fully saturated rings. The summed E-state index contributed by atoms with van der Waals surface area (Å²) in [5.41, 5.74) is 26.7. The van der Waals surface area contributed by atoms with Gasteiger partial charge in [0.15, 0.2) is 0 Å². The molecule has 0 radical (unpaired) electrons. The summed E-state index contributed by atoms with van der Waals surface area (Å²) in [6, 6.07) is 42.2. The van der Waals surface area contributed by atoms with Crippen LogP contribution in [-0.2, 0) is 43.3 Å². The van der Waals surface area contributed by atoms with E-state index in [0.29, 0.717) is 0 Å². The van der Waals surface area contributed by atoms with E-state index in [1.165, 1.54) is 132 Å². The van der Waals surface area contributed by atoms with Gasteiger partial charge >= 0.3 is 0 Å². The lowest BCUT2D eigenvalue weighted by Crippen LogP contribution is -2.62. The zero-order chi connectivity index (χ0) is 50.3. The highest BCUT2D eigenvalue weighted by Gasteiger charge is 2.49. The summed E-state index contributed by atoms with van der Waals surface area (Å²) in [7, 11) is 0. The van der Waals surface area contributed by atoms with Gasteiger partial charge in [0.05, 0.1) is 0 Å². The Morgan fingerprint density at radius 1 is 0.400 bits per heavy atom. The van der Waals surface area contributed by atoms with Gasteiger partial charge in [-0.1, -0.05) is 178 Å². The van der Waals surface area contributed by atoms with E-state index in [1.54, 1.807) is 0 Å². The molecule has 6 aromatic carbocycles. The first-order valence-electron chi connectivity index (χ1n) is 26.9. The van der Waals surface area contributed by atoms with Gasteiger partial charge in [0.25, 0.3) is 6.71 Å². The lowest BCUT2D eigenvalue weighted by atomic mass is 9.32. The van der Waals surface area contributed by atoms with Crippen molar-refractivity contribution in [2.75, 3.05) is 9.80 Å². The van der Waals surface area contributed by atoms with Crippen molar-refractivity contribution in [1.82, 2.24) is 0 Å². The number of aryl methyl sites for hydroxylation is 1. The molecule has 362 valence electrons. The van der Waals surface area contributed by atoms with Crippen LogP contribution in [0.2, 0.25) is 0 Å². The smallest absolute Gasteiger partial charge is 0.252 e. The highest BCUT2D eigenvalue weighted by Crippen LogP contribution is 2.56. The normalized spacial score (nSPS) is 20.5. The molecule has 11 rings (SSSR count). The first-order valence-corrected chi connectivity index (χ1v) is 26.9. The van der Waals surface area contributed by atoms with Gasteiger partial charge < -0.3 is 9.80 Å². The Hall–Kier alpha value is -5.02. The zero-order valence-corrected chi connectivity index (χ0v) is 46.3. The predicted octanol–water partition coefficient (Wildman–Crippen LogP) is 16.4. The number of anilines is 6. The average Bonchev–Trinajstić information content (AvgIpc) is 3.46. The summed E-state index contributed by atoms with van der Waals surface area (Å²) in [6.07, 6.45) is 5.88. The highest BCUT2D eigenvalue weighted by molar-refractivity contribution is 7.00. The second-order valence-corrected chi connectivity index (χ2v) is 28.4. The topological polar surface area (TPSA) is 6.48 Å². The first kappa shape index (κ1) is 47.3. The molecule has 3 heteroatoms. The van der Waals surface area contributed by atoms with E-state index in [9.17, 15) is 0 Å². The maximum Gasteiger partial charge on any atom is 0.252 e. The molecule has 2 nitrogen and oxygen atoms in total. The van der Waals surface area contributed by atoms with E-state index in [2.05, 4.69) is 238 Å². The van der Waals surface area contributed by atoms with Gasteiger partial charge in [-0.3, -0.25) is 0 Å². The third-order valence-electron chi connectivity index (χ3n) is 19.1. The van der Waals surface area contributed by atoms with E-state index in [4.69, 9.17) is 0 Å². The third-order valence-corrected chi connectivity index (χ3v) is 19.1. The average molecular weight is 925 g/mol. The number of fused-ring (bicyclic) bond motifs is 7. The van der Waals surface area contributed by atoms with E-state index >= 15 is 0 Å². The molecule has 0 saturated heterocycles. The Morgan fingerprint density at radius 3 is 1.50 bits per heavy atom. The molecule has 2 heterocycles. The fourth-order valence-electron chi connectivity index (χ4n) is 14.5. The van der Waals surface area contributed by atoms with Crippen molar-refractivity contribution in [1.29, 1.82) is 0 Å². The van der Waals surface area contributed by atoms with E-state index < -0.39 is 0 Å². The summed E-state index contributed by atoms with van der Waals surface area (Å²) >= 11 is 0. The minimum atomic E-state index is -0.214. The molecule has 70 heavy (non-hydrogen) atoms. The molecule has 0 saturated carbocycles. The fourth-order valence-corrected chi connectivity index (χ4v) is 14.5. The Bertz CT molecular complexity index is 3160. The van der Waals surface area contributed by atoms with Crippen molar-refractivity contribution in [3.8, 4) is 0 Å². The molecule has 0 amide bonds. The molecule has 6 aromatic rings. The van der Waals surface area contributed by atoms with Gasteiger partial charge in [-0.05, 0) is 191 Å². The SMILES string of the molecule is Cc1cc2c(cc1N1c3ccc(C(C)(C)c4ccccc4)cc3B3c4cc5c(cc4N(c4ccc6c(c4)C(C)(C)CCC6(C)C)c4cc(C(C)(C)C)cc1c43)C(C)(C)CCC5(C)C)C(C)(C)CC2(C)C. The maximum absolute atomic E-state index is 2.75. The molecule has 0 atom stereocenters. The van der Waals surface area contributed by atoms with Crippen LogP contribution in [0.5, 0.6) is 0 Å². The van der Waals surface area contributed by atoms with Crippen molar-refractivity contribution in [2.24, 2.45) is 0 Å². The number of hydrogen-bond acceptors (Lipinski definition) is 2. The van der Waals surface area contributed by atoms with Crippen molar-refractivity contribution in [3.63, 3.8) is 0 Å². The lowest BCUT2D eigenvalue weighted by Gasteiger charge is -2.48. The van der Waals surface area contributed by atoms with Crippen LogP contribution in [0.15, 0.2) is 103 Å². The van der Waals surface area contributed by atoms with Crippen molar-refractivity contribution in [2.45, 2.75) is 200 Å². The Balaban J connectivity index is 1.29. The quantitative estimate of drug-likeness (QED) is 0.162. The van der Waals surface area contributed by atoms with Crippen molar-refractivity contribution >= 4 is 57.2 Å². The number of hydrogen-bond donors (Lipinski definition) is 0. The van der Waals surface area contributed by atoms with Crippen LogP contribution in [0, 0.1) is 6.92 Å². The second kappa shape index (κ2) is 14.8. The van der Waals surface area contributed by atoms with E-state index in [1.807, 2.05) is 0 Å². The fraction of sp³-hybridized carbons (Fsp3) is 0.463. The van der Waals surface area contributed by atoms with Gasteiger partial charge in [0.1, 0.15) is 0 Å². The number of rotatable bonds is 4. The predicted molar refractivity (Wildman–Crippen MR) is 304 cm³/mol. The van der Waals surface area contributed by atoms with Gasteiger partial charge in [0, 0.05) is 39.5 Å². The Kier molecular flexibility index (Phi) is 10.0. The van der Waals surface area contributed by atoms with E-state index in [-0.39, 0.29) is 50.0 Å². The Morgan fingerprint density at radius 2 is 0.900 bits per heavy atom. The van der Waals surface area contributed by atoms with Crippen LogP contribution < -0.4 is 26.2 Å². The summed E-state index contributed by atoms with van der Waals surface area (Å²) in [5.74, 6) is 0. The lowest BCUT2D eigenvalue weighted by molar-refractivity contribution is 0.332. The molecule has 3 aliphatic carbocycles. The van der Waals surface area contributed by atoms with Crippen LogP contribution in [0.4, 0.5) is 34.1 Å². The Labute approximate surface area is 423 Å². The molecule has 0 aromatic heterocycles. The number of nitrogens with zero attached hydrogens (tertiary/aromatic N) is 2. The van der Waals surface area contributed by atoms with Crippen LogP contribution >= 0.6 is 0 Å². The summed E-state index contributed by atoms with van der Waals surface area (Å²) < 4.78 is 0. The van der Waals surface area contributed by atoms with Gasteiger partial charge in [0.2, 0.25) is 0 Å². The largest absolute Gasteiger partial charge is 0.311 e. The minimum Gasteiger partial charge on any atom is -0.311 e. The number of benzene rings is 6. The molecule has 2 aliphatic heterocycles. The summed E-state index contributed by atoms with van der Waals surface area (Å²) in [5, 5.41) is 0. The van der Waals surface area contributed by atoms with Gasteiger partial charge in [-0.25, -0.2) is 0 Å². The van der Waals surface area contributed by atoms with Crippen molar-refractivity contribution < 1.29 is 0 Å². The zero-order valence-electron chi connectivity index (χ0n) is 46.3. The molecular weight excluding hydrogens is 844 g/mol. The first-order chi connectivity index (χ1) is 32.4. The molecular formula is C67H81BN2. The van der Waals surface area contributed by atoms with Crippen LogP contribution in [0.3, 0.4) is 0 Å². The summed E-state index contributed by atoms with van der Waals surface area (Å²) in [6.45, 7) is 44.2. The van der Waals surface area contributed by atoms with Crippen molar-refractivity contribution in [3.05, 3.63) is 159 Å². The monoisotopic (exact) mass is 925 g/mol. The van der Waals surface area contributed by atoms with Gasteiger partial charge in [-0.2, -0.15) is 0 Å². The molecule has 0 N–H and O–H groups in total. The molecule has 0 spiro atoms. The summed E-state index contributed by atoms with van der Waals surface area (Å²) in [4.78, 5) is 5.47. The van der Waals surface area contributed by atoms with Crippen LogP contribution in [-0.4, -0.2) is 6.71 Å². The van der Waals surface area contributed by atoms with Crippen LogP contribution in [0.1, 0.15) is 205 Å². The van der Waals surface area contributed by atoms with Crippen LogP contribution in [0.25, 0.3) is 0 Å². The maximum atomic E-state index is 2.75. The third kappa shape index (κ3) is 6.92.